The molecule has 1 aliphatic rings. The van der Waals surface area contributed by atoms with E-state index >= 15 is 0 Å². The number of ether oxygens (including phenoxy) is 1. The van der Waals surface area contributed by atoms with Crippen LogP contribution in [0.25, 0.3) is 22.4 Å². The normalized spacial score (nSPS) is 15.0. The Balaban J connectivity index is 1.44. The third kappa shape index (κ3) is 4.94. The zero-order chi connectivity index (χ0) is 23.5. The summed E-state index contributed by atoms with van der Waals surface area (Å²) in [5.41, 5.74) is 2.11. The Bertz CT molecular complexity index is 1280. The van der Waals surface area contributed by atoms with E-state index in [1.807, 2.05) is 36.4 Å². The van der Waals surface area contributed by atoms with Crippen LogP contribution in [0, 0.1) is 0 Å². The highest BCUT2D eigenvalue weighted by Gasteiger charge is 2.30. The molecule has 34 heavy (non-hydrogen) atoms. The second-order valence-corrected chi connectivity index (χ2v) is 8.63. The molecule has 1 saturated heterocycles. The van der Waals surface area contributed by atoms with Gasteiger partial charge in [-0.05, 0) is 68.4 Å². The number of piperidine rings is 1. The van der Waals surface area contributed by atoms with Gasteiger partial charge in [0.2, 0.25) is 0 Å². The molecule has 0 N–H and O–H groups in total. The van der Waals surface area contributed by atoms with Crippen molar-refractivity contribution in [2.24, 2.45) is 0 Å². The van der Waals surface area contributed by atoms with Gasteiger partial charge in [-0.3, -0.25) is 0 Å². The molecule has 1 aliphatic heterocycles. The van der Waals surface area contributed by atoms with E-state index in [9.17, 15) is 13.2 Å². The molecule has 1 aromatic heterocycles. The number of rotatable bonds is 6. The highest BCUT2D eigenvalue weighted by atomic mass is 19.4. The predicted molar refractivity (Wildman–Crippen MR) is 127 cm³/mol. The van der Waals surface area contributed by atoms with E-state index in [1.165, 1.54) is 31.4 Å². The van der Waals surface area contributed by atoms with Gasteiger partial charge in [0.1, 0.15) is 17.3 Å². The van der Waals surface area contributed by atoms with Gasteiger partial charge in [-0.15, -0.1) is 0 Å². The standard InChI is InChI=1S/C27H26F3N3O/c28-27(29,30)21-9-7-11-23(19-21)34-22-10-6-8-20(18-22)26-31-24-12-2-3-13-25(24)33(26)17-16-32-14-4-1-5-15-32/h2-3,6-13,18-19H,1,4-5,14-17H2. The number of halogens is 3. The molecule has 4 nitrogen and oxygen atoms in total. The number of nitrogens with zero attached hydrogens (tertiary/aromatic N) is 3. The molecule has 7 heteroatoms. The molecule has 0 bridgehead atoms. The van der Waals surface area contributed by atoms with Gasteiger partial charge in [0, 0.05) is 18.7 Å². The summed E-state index contributed by atoms with van der Waals surface area (Å²) < 4.78 is 47.3. The van der Waals surface area contributed by atoms with Crippen molar-refractivity contribution in [3.8, 4) is 22.9 Å². The number of likely N-dealkylation sites (tertiary alicyclic amines) is 1. The lowest BCUT2D eigenvalue weighted by molar-refractivity contribution is -0.137. The van der Waals surface area contributed by atoms with Crippen LogP contribution in [0.1, 0.15) is 24.8 Å². The average Bonchev–Trinajstić information content (AvgIpc) is 3.22. The molecule has 2 heterocycles. The molecule has 176 valence electrons. The first kappa shape index (κ1) is 22.5. The monoisotopic (exact) mass is 465 g/mol. The van der Waals surface area contributed by atoms with E-state index in [-0.39, 0.29) is 5.75 Å². The topological polar surface area (TPSA) is 30.3 Å². The van der Waals surface area contributed by atoms with E-state index in [1.54, 1.807) is 6.07 Å². The summed E-state index contributed by atoms with van der Waals surface area (Å²) in [4.78, 5) is 7.38. The lowest BCUT2D eigenvalue weighted by Crippen LogP contribution is -2.32. The van der Waals surface area contributed by atoms with Gasteiger partial charge in [0.25, 0.3) is 0 Å². The number of aromatic nitrogens is 2. The number of hydrogen-bond acceptors (Lipinski definition) is 3. The first-order valence-corrected chi connectivity index (χ1v) is 11.6. The summed E-state index contributed by atoms with van der Waals surface area (Å²) in [7, 11) is 0. The predicted octanol–water partition coefficient (Wildman–Crippen LogP) is 7.00. The van der Waals surface area contributed by atoms with Crippen LogP contribution >= 0.6 is 0 Å². The summed E-state index contributed by atoms with van der Waals surface area (Å²) >= 11 is 0. The molecule has 0 spiro atoms. The number of hydrogen-bond donors (Lipinski definition) is 0. The van der Waals surface area contributed by atoms with Gasteiger partial charge in [-0.25, -0.2) is 4.98 Å². The van der Waals surface area contributed by atoms with E-state index < -0.39 is 11.7 Å². The van der Waals surface area contributed by atoms with Gasteiger partial charge in [0.05, 0.1) is 16.6 Å². The van der Waals surface area contributed by atoms with Crippen LogP contribution in [-0.2, 0) is 12.7 Å². The molecule has 0 radical (unpaired) electrons. The molecule has 1 fully saturated rings. The maximum absolute atomic E-state index is 13.1. The van der Waals surface area contributed by atoms with Gasteiger partial charge in [-0.1, -0.05) is 36.8 Å². The highest BCUT2D eigenvalue weighted by Crippen LogP contribution is 2.34. The van der Waals surface area contributed by atoms with E-state index in [0.29, 0.717) is 5.75 Å². The third-order valence-electron chi connectivity index (χ3n) is 6.23. The maximum Gasteiger partial charge on any atom is 0.416 e. The second kappa shape index (κ2) is 9.50. The van der Waals surface area contributed by atoms with Crippen LogP contribution in [-0.4, -0.2) is 34.1 Å². The first-order valence-electron chi connectivity index (χ1n) is 11.6. The average molecular weight is 466 g/mol. The van der Waals surface area contributed by atoms with Crippen LogP contribution < -0.4 is 4.74 Å². The fourth-order valence-electron chi connectivity index (χ4n) is 4.52. The van der Waals surface area contributed by atoms with Crippen LogP contribution in [0.2, 0.25) is 0 Å². The fourth-order valence-corrected chi connectivity index (χ4v) is 4.52. The lowest BCUT2D eigenvalue weighted by atomic mass is 10.1. The van der Waals surface area contributed by atoms with Crippen LogP contribution in [0.3, 0.4) is 0 Å². The largest absolute Gasteiger partial charge is 0.457 e. The molecule has 3 aromatic carbocycles. The number of alkyl halides is 3. The molecule has 0 saturated carbocycles. The quantitative estimate of drug-likeness (QED) is 0.307. The Morgan fingerprint density at radius 1 is 0.794 bits per heavy atom. The summed E-state index contributed by atoms with van der Waals surface area (Å²) in [6, 6.07) is 20.4. The number of imidazole rings is 1. The third-order valence-corrected chi connectivity index (χ3v) is 6.23. The molecular weight excluding hydrogens is 439 g/mol. The Morgan fingerprint density at radius 2 is 1.53 bits per heavy atom. The SMILES string of the molecule is FC(F)(F)c1cccc(Oc2cccc(-c3nc4ccccc4n3CCN3CCCCC3)c2)c1. The van der Waals surface area contributed by atoms with Crippen molar-refractivity contribution in [2.45, 2.75) is 32.0 Å². The maximum atomic E-state index is 13.1. The van der Waals surface area contributed by atoms with Crippen molar-refractivity contribution in [1.82, 2.24) is 14.5 Å². The highest BCUT2D eigenvalue weighted by molar-refractivity contribution is 5.80. The minimum absolute atomic E-state index is 0.144. The van der Waals surface area contributed by atoms with Crippen molar-refractivity contribution in [2.75, 3.05) is 19.6 Å². The summed E-state index contributed by atoms with van der Waals surface area (Å²) in [6.45, 7) is 4.02. The number of benzene rings is 3. The first-order chi connectivity index (χ1) is 16.5. The van der Waals surface area contributed by atoms with Gasteiger partial charge >= 0.3 is 6.18 Å². The van der Waals surface area contributed by atoms with Crippen LogP contribution in [0.5, 0.6) is 11.5 Å². The number of fused-ring (bicyclic) bond motifs is 1. The minimum Gasteiger partial charge on any atom is -0.457 e. The fraction of sp³-hybridized carbons (Fsp3) is 0.296. The Hall–Kier alpha value is -3.32. The summed E-state index contributed by atoms with van der Waals surface area (Å²) in [5, 5.41) is 0. The zero-order valence-electron chi connectivity index (χ0n) is 18.8. The van der Waals surface area contributed by atoms with Crippen molar-refractivity contribution in [1.29, 1.82) is 0 Å². The molecular formula is C27H26F3N3O. The second-order valence-electron chi connectivity index (χ2n) is 8.63. The molecule has 0 amide bonds. The summed E-state index contributed by atoms with van der Waals surface area (Å²) in [6.07, 6.45) is -0.631. The van der Waals surface area contributed by atoms with Crippen molar-refractivity contribution >= 4 is 11.0 Å². The Labute approximate surface area is 196 Å². The van der Waals surface area contributed by atoms with E-state index in [2.05, 4.69) is 15.5 Å². The molecule has 0 unspecified atom stereocenters. The Morgan fingerprint density at radius 3 is 2.32 bits per heavy atom. The molecule has 0 aliphatic carbocycles. The molecule has 4 aromatic rings. The van der Waals surface area contributed by atoms with E-state index in [4.69, 9.17) is 9.72 Å². The zero-order valence-corrected chi connectivity index (χ0v) is 18.8. The van der Waals surface area contributed by atoms with Crippen molar-refractivity contribution in [3.05, 3.63) is 78.4 Å². The van der Waals surface area contributed by atoms with Crippen molar-refractivity contribution < 1.29 is 17.9 Å². The summed E-state index contributed by atoms with van der Waals surface area (Å²) in [5.74, 6) is 1.43. The molecule has 0 atom stereocenters. The van der Waals surface area contributed by atoms with Crippen LogP contribution in [0.4, 0.5) is 13.2 Å². The smallest absolute Gasteiger partial charge is 0.416 e. The minimum atomic E-state index is -4.42. The lowest BCUT2D eigenvalue weighted by Gasteiger charge is -2.26. The van der Waals surface area contributed by atoms with Gasteiger partial charge in [0.15, 0.2) is 0 Å². The van der Waals surface area contributed by atoms with Gasteiger partial charge in [-0.2, -0.15) is 13.2 Å². The van der Waals surface area contributed by atoms with Crippen LogP contribution in [0.15, 0.2) is 72.8 Å². The number of para-hydroxylation sites is 2. The van der Waals surface area contributed by atoms with E-state index in [0.717, 1.165) is 60.7 Å². The Kier molecular flexibility index (Phi) is 6.28. The van der Waals surface area contributed by atoms with Gasteiger partial charge < -0.3 is 14.2 Å². The molecule has 5 rings (SSSR count). The van der Waals surface area contributed by atoms with Crippen molar-refractivity contribution in [3.63, 3.8) is 0 Å².